The van der Waals surface area contributed by atoms with Crippen molar-refractivity contribution >= 4 is 22.4 Å². The molecular formula is C22H20N8O. The van der Waals surface area contributed by atoms with Gasteiger partial charge in [-0.2, -0.15) is 4.52 Å². The molecule has 6 rings (SSSR count). The van der Waals surface area contributed by atoms with Crippen LogP contribution < -0.4 is 4.90 Å². The van der Waals surface area contributed by atoms with Crippen LogP contribution in [0.2, 0.25) is 0 Å². The van der Waals surface area contributed by atoms with Crippen LogP contribution in [0.4, 0.5) is 5.82 Å². The molecule has 31 heavy (non-hydrogen) atoms. The molecule has 0 saturated carbocycles. The smallest absolute Gasteiger partial charge is 0.248 e. The first-order chi connectivity index (χ1) is 15.2. The summed E-state index contributed by atoms with van der Waals surface area (Å²) in [7, 11) is 0. The van der Waals surface area contributed by atoms with Gasteiger partial charge in [0.05, 0.1) is 5.52 Å². The SMILES string of the molecule is Cc1cc(-c2nnc(C3CCN(c4ccc5nncn5n4)CC3)o2)c2ccccc2n1. The molecule has 5 aromatic rings. The standard InChI is InChI=1S/C22H20N8O/c1-14-12-17(16-4-2-3-5-18(16)24-14)22-27-26-21(31-22)15-8-10-29(11-9-15)20-7-6-19-25-23-13-30(19)28-20/h2-7,12-13,15H,8-11H2,1H3. The van der Waals surface area contributed by atoms with E-state index in [9.17, 15) is 0 Å². The van der Waals surface area contributed by atoms with Crippen LogP contribution in [0.1, 0.15) is 30.3 Å². The number of pyridine rings is 1. The zero-order chi connectivity index (χ0) is 20.8. The lowest BCUT2D eigenvalue weighted by Crippen LogP contribution is -2.33. The van der Waals surface area contributed by atoms with Crippen LogP contribution in [-0.4, -0.2) is 48.1 Å². The van der Waals surface area contributed by atoms with Gasteiger partial charge < -0.3 is 9.32 Å². The largest absolute Gasteiger partial charge is 0.420 e. The van der Waals surface area contributed by atoms with E-state index in [1.165, 1.54) is 0 Å². The van der Waals surface area contributed by atoms with E-state index in [1.807, 2.05) is 49.4 Å². The lowest BCUT2D eigenvalue weighted by atomic mass is 9.97. The highest BCUT2D eigenvalue weighted by atomic mass is 16.4. The van der Waals surface area contributed by atoms with Gasteiger partial charge in [0, 0.05) is 35.7 Å². The van der Waals surface area contributed by atoms with E-state index in [-0.39, 0.29) is 5.92 Å². The third kappa shape index (κ3) is 3.18. The molecule has 1 fully saturated rings. The lowest BCUT2D eigenvalue weighted by molar-refractivity contribution is 0.397. The van der Waals surface area contributed by atoms with E-state index in [1.54, 1.807) is 10.8 Å². The van der Waals surface area contributed by atoms with Crippen LogP contribution in [0.25, 0.3) is 28.0 Å². The minimum absolute atomic E-state index is 0.241. The van der Waals surface area contributed by atoms with Crippen molar-refractivity contribution in [3.8, 4) is 11.5 Å². The van der Waals surface area contributed by atoms with Gasteiger partial charge in [0.15, 0.2) is 5.65 Å². The van der Waals surface area contributed by atoms with E-state index in [0.29, 0.717) is 11.8 Å². The molecule has 1 aromatic carbocycles. The summed E-state index contributed by atoms with van der Waals surface area (Å²) in [6.07, 6.45) is 3.48. The summed E-state index contributed by atoms with van der Waals surface area (Å²) in [6.45, 7) is 3.73. The maximum Gasteiger partial charge on any atom is 0.248 e. The van der Waals surface area contributed by atoms with Crippen molar-refractivity contribution in [2.45, 2.75) is 25.7 Å². The van der Waals surface area contributed by atoms with Crippen molar-refractivity contribution in [2.24, 2.45) is 0 Å². The summed E-state index contributed by atoms with van der Waals surface area (Å²) in [5.74, 6) is 2.43. The number of hydrogen-bond donors (Lipinski definition) is 0. The van der Waals surface area contributed by atoms with Gasteiger partial charge in [0.25, 0.3) is 0 Å². The second kappa shape index (κ2) is 7.12. The molecule has 0 radical (unpaired) electrons. The van der Waals surface area contributed by atoms with Crippen molar-refractivity contribution in [3.63, 3.8) is 0 Å². The Bertz CT molecular complexity index is 1380. The molecule has 0 aliphatic carbocycles. The third-order valence-electron chi connectivity index (χ3n) is 5.83. The normalized spacial score (nSPS) is 15.2. The quantitative estimate of drug-likeness (QED) is 0.445. The fourth-order valence-corrected chi connectivity index (χ4v) is 4.24. The van der Waals surface area contributed by atoms with Crippen LogP contribution in [0.5, 0.6) is 0 Å². The molecule has 0 bridgehead atoms. The molecular weight excluding hydrogens is 392 g/mol. The predicted octanol–water partition coefficient (Wildman–Crippen LogP) is 3.41. The minimum Gasteiger partial charge on any atom is -0.420 e. The highest BCUT2D eigenvalue weighted by Crippen LogP contribution is 2.33. The monoisotopic (exact) mass is 412 g/mol. The Kier molecular flexibility index (Phi) is 4.12. The fraction of sp³-hybridized carbons (Fsp3) is 0.273. The fourth-order valence-electron chi connectivity index (χ4n) is 4.24. The number of anilines is 1. The first-order valence-corrected chi connectivity index (χ1v) is 10.4. The van der Waals surface area contributed by atoms with Gasteiger partial charge in [0.1, 0.15) is 12.1 Å². The Morgan fingerprint density at radius 2 is 1.87 bits per heavy atom. The maximum absolute atomic E-state index is 6.16. The van der Waals surface area contributed by atoms with Crippen LogP contribution in [0.15, 0.2) is 53.2 Å². The first kappa shape index (κ1) is 17.9. The summed E-state index contributed by atoms with van der Waals surface area (Å²) >= 11 is 0. The predicted molar refractivity (Wildman–Crippen MR) is 115 cm³/mol. The zero-order valence-corrected chi connectivity index (χ0v) is 17.0. The highest BCUT2D eigenvalue weighted by Gasteiger charge is 2.26. The number of rotatable bonds is 3. The van der Waals surface area contributed by atoms with E-state index >= 15 is 0 Å². The molecule has 0 N–H and O–H groups in total. The van der Waals surface area contributed by atoms with Gasteiger partial charge in [-0.3, -0.25) is 4.98 Å². The summed E-state index contributed by atoms with van der Waals surface area (Å²) in [6, 6.07) is 14.0. The number of hydrogen-bond acceptors (Lipinski definition) is 8. The number of aromatic nitrogens is 7. The van der Waals surface area contributed by atoms with Crippen molar-refractivity contribution < 1.29 is 4.42 Å². The van der Waals surface area contributed by atoms with E-state index < -0.39 is 0 Å². The van der Waals surface area contributed by atoms with E-state index in [4.69, 9.17) is 4.42 Å². The van der Waals surface area contributed by atoms with Crippen molar-refractivity contribution in [1.29, 1.82) is 0 Å². The Morgan fingerprint density at radius 3 is 2.77 bits per heavy atom. The second-order valence-electron chi connectivity index (χ2n) is 7.86. The highest BCUT2D eigenvalue weighted by molar-refractivity contribution is 5.92. The van der Waals surface area contributed by atoms with Gasteiger partial charge in [0.2, 0.25) is 11.8 Å². The van der Waals surface area contributed by atoms with E-state index in [0.717, 1.165) is 59.6 Å². The van der Waals surface area contributed by atoms with Gasteiger partial charge >= 0.3 is 0 Å². The van der Waals surface area contributed by atoms with Crippen LogP contribution in [0.3, 0.4) is 0 Å². The number of para-hydroxylation sites is 1. The Balaban J connectivity index is 1.22. The molecule has 9 heteroatoms. The third-order valence-corrected chi connectivity index (χ3v) is 5.83. The van der Waals surface area contributed by atoms with E-state index in [2.05, 4.69) is 35.4 Å². The summed E-state index contributed by atoms with van der Waals surface area (Å²) in [5, 5.41) is 22.3. The second-order valence-corrected chi connectivity index (χ2v) is 7.86. The van der Waals surface area contributed by atoms with Crippen molar-refractivity contribution in [3.05, 3.63) is 60.4 Å². The molecule has 1 aliphatic heterocycles. The molecule has 9 nitrogen and oxygen atoms in total. The molecule has 0 spiro atoms. The summed E-state index contributed by atoms with van der Waals surface area (Å²) in [4.78, 5) is 6.87. The van der Waals surface area contributed by atoms with Crippen LogP contribution >= 0.6 is 0 Å². The van der Waals surface area contributed by atoms with Crippen LogP contribution in [-0.2, 0) is 0 Å². The van der Waals surface area contributed by atoms with Gasteiger partial charge in [-0.05, 0) is 44.0 Å². The molecule has 1 saturated heterocycles. The Labute approximate surface area is 177 Å². The zero-order valence-electron chi connectivity index (χ0n) is 17.0. The van der Waals surface area contributed by atoms with Gasteiger partial charge in [-0.15, -0.1) is 25.5 Å². The Morgan fingerprint density at radius 1 is 1.00 bits per heavy atom. The molecule has 5 heterocycles. The molecule has 1 aliphatic rings. The Hall–Kier alpha value is -3.88. The summed E-state index contributed by atoms with van der Waals surface area (Å²) in [5.41, 5.74) is 3.55. The van der Waals surface area contributed by atoms with Crippen LogP contribution in [0, 0.1) is 6.92 Å². The molecule has 154 valence electrons. The average Bonchev–Trinajstić information content (AvgIpc) is 3.48. The first-order valence-electron chi connectivity index (χ1n) is 10.4. The molecule has 0 atom stereocenters. The minimum atomic E-state index is 0.241. The topological polar surface area (TPSA) is 98.1 Å². The van der Waals surface area contributed by atoms with Gasteiger partial charge in [-0.25, -0.2) is 0 Å². The number of aryl methyl sites for hydroxylation is 1. The van der Waals surface area contributed by atoms with Gasteiger partial charge in [-0.1, -0.05) is 18.2 Å². The lowest BCUT2D eigenvalue weighted by Gasteiger charge is -2.31. The molecule has 0 amide bonds. The summed E-state index contributed by atoms with van der Waals surface area (Å²) < 4.78 is 7.86. The molecule has 4 aromatic heterocycles. The number of fused-ring (bicyclic) bond motifs is 2. The number of piperidine rings is 1. The number of benzene rings is 1. The van der Waals surface area contributed by atoms with Crippen molar-refractivity contribution in [2.75, 3.05) is 18.0 Å². The maximum atomic E-state index is 6.16. The van der Waals surface area contributed by atoms with Crippen molar-refractivity contribution in [1.82, 2.24) is 35.0 Å². The number of nitrogens with zero attached hydrogens (tertiary/aromatic N) is 8. The average molecular weight is 412 g/mol. The molecule has 0 unspecified atom stereocenters.